The van der Waals surface area contributed by atoms with Gasteiger partial charge in [0.05, 0.1) is 8.68 Å². The van der Waals surface area contributed by atoms with E-state index >= 15 is 0 Å². The van der Waals surface area contributed by atoms with Crippen LogP contribution in [-0.2, 0) is 10.0 Å². The van der Waals surface area contributed by atoms with Crippen LogP contribution in [0.15, 0.2) is 14.7 Å². The van der Waals surface area contributed by atoms with Crippen LogP contribution in [-0.4, -0.2) is 38.9 Å². The predicted molar refractivity (Wildman–Crippen MR) is 82.2 cm³/mol. The van der Waals surface area contributed by atoms with Crippen molar-refractivity contribution in [2.24, 2.45) is 0 Å². The van der Waals surface area contributed by atoms with Gasteiger partial charge in [-0.2, -0.15) is 4.31 Å². The molecule has 0 spiro atoms. The Bertz CT molecular complexity index is 540. The van der Waals surface area contributed by atoms with Gasteiger partial charge >= 0.3 is 0 Å². The van der Waals surface area contributed by atoms with Crippen molar-refractivity contribution in [2.75, 3.05) is 20.1 Å². The highest BCUT2D eigenvalue weighted by molar-refractivity contribution is 9.11. The first-order valence-electron chi connectivity index (χ1n) is 6.39. The Labute approximate surface area is 127 Å². The first-order chi connectivity index (χ1) is 8.96. The number of nitrogens with zero attached hydrogens (tertiary/aromatic N) is 1. The van der Waals surface area contributed by atoms with Crippen molar-refractivity contribution in [3.63, 3.8) is 0 Å². The van der Waals surface area contributed by atoms with Gasteiger partial charge < -0.3 is 5.32 Å². The highest BCUT2D eigenvalue weighted by atomic mass is 79.9. The van der Waals surface area contributed by atoms with Gasteiger partial charge in [0, 0.05) is 24.0 Å². The van der Waals surface area contributed by atoms with Crippen molar-refractivity contribution < 1.29 is 8.42 Å². The molecular weight excluding hydrogens is 348 g/mol. The van der Waals surface area contributed by atoms with Gasteiger partial charge in [-0.1, -0.05) is 6.42 Å². The molecule has 2 heterocycles. The van der Waals surface area contributed by atoms with E-state index in [4.69, 9.17) is 0 Å². The lowest BCUT2D eigenvalue weighted by Gasteiger charge is -2.34. The Morgan fingerprint density at radius 3 is 2.84 bits per heavy atom. The number of hydrogen-bond acceptors (Lipinski definition) is 4. The minimum atomic E-state index is -3.37. The summed E-state index contributed by atoms with van der Waals surface area (Å²) < 4.78 is 28.1. The quantitative estimate of drug-likeness (QED) is 0.890. The average Bonchev–Trinajstić information content (AvgIpc) is 2.70. The molecule has 0 bridgehead atoms. The van der Waals surface area contributed by atoms with Crippen molar-refractivity contribution in [3.8, 4) is 0 Å². The van der Waals surface area contributed by atoms with E-state index in [1.807, 2.05) is 14.0 Å². The van der Waals surface area contributed by atoms with Crippen LogP contribution >= 0.6 is 27.3 Å². The van der Waals surface area contributed by atoms with E-state index in [1.165, 1.54) is 11.3 Å². The molecule has 0 saturated carbocycles. The Kier molecular flexibility index (Phi) is 5.05. The van der Waals surface area contributed by atoms with Crippen molar-refractivity contribution in [2.45, 2.75) is 37.1 Å². The molecule has 0 amide bonds. The van der Waals surface area contributed by atoms with Crippen molar-refractivity contribution >= 4 is 37.3 Å². The molecule has 1 aromatic heterocycles. The highest BCUT2D eigenvalue weighted by Gasteiger charge is 2.34. The van der Waals surface area contributed by atoms with Crippen LogP contribution in [0.4, 0.5) is 0 Å². The topological polar surface area (TPSA) is 49.4 Å². The van der Waals surface area contributed by atoms with E-state index in [2.05, 4.69) is 21.2 Å². The largest absolute Gasteiger partial charge is 0.318 e. The van der Waals surface area contributed by atoms with Gasteiger partial charge in [-0.25, -0.2) is 8.42 Å². The summed E-state index contributed by atoms with van der Waals surface area (Å²) in [5.74, 6) is 0. The van der Waals surface area contributed by atoms with Crippen LogP contribution < -0.4 is 5.32 Å². The molecular formula is C12H19BrN2O2S2. The Hall–Kier alpha value is 0.0500. The fourth-order valence-electron chi connectivity index (χ4n) is 2.54. The van der Waals surface area contributed by atoms with Crippen LogP contribution in [0.2, 0.25) is 0 Å². The summed E-state index contributed by atoms with van der Waals surface area (Å²) in [5, 5.41) is 3.10. The third kappa shape index (κ3) is 3.21. The second kappa shape index (κ2) is 6.22. The number of nitrogens with one attached hydrogen (secondary N) is 1. The predicted octanol–water partition coefficient (Wildman–Crippen LogP) is 2.58. The molecule has 2 rings (SSSR count). The fourth-order valence-corrected chi connectivity index (χ4v) is 6.62. The molecule has 19 heavy (non-hydrogen) atoms. The van der Waals surface area contributed by atoms with Crippen molar-refractivity contribution in [1.29, 1.82) is 0 Å². The summed E-state index contributed by atoms with van der Waals surface area (Å²) in [6.45, 7) is 3.20. The summed E-state index contributed by atoms with van der Waals surface area (Å²) in [6, 6.07) is 1.79. The van der Waals surface area contributed by atoms with Gasteiger partial charge in [0.25, 0.3) is 0 Å². The maximum Gasteiger partial charge on any atom is 0.244 e. The lowest BCUT2D eigenvalue weighted by atomic mass is 10.1. The zero-order valence-electron chi connectivity index (χ0n) is 11.1. The number of aryl methyl sites for hydroxylation is 1. The number of rotatable bonds is 4. The molecule has 0 radical (unpaired) electrons. The second-order valence-electron chi connectivity index (χ2n) is 4.79. The van der Waals surface area contributed by atoms with Gasteiger partial charge in [0.2, 0.25) is 10.0 Å². The summed E-state index contributed by atoms with van der Waals surface area (Å²) in [5.41, 5.74) is 0. The van der Waals surface area contributed by atoms with Crippen LogP contribution in [0.3, 0.4) is 0 Å². The third-order valence-electron chi connectivity index (χ3n) is 3.44. The molecule has 0 aromatic carbocycles. The Morgan fingerprint density at radius 2 is 2.26 bits per heavy atom. The fraction of sp³-hybridized carbons (Fsp3) is 0.667. The van der Waals surface area contributed by atoms with Crippen LogP contribution in [0.25, 0.3) is 0 Å². The Morgan fingerprint density at radius 1 is 1.53 bits per heavy atom. The van der Waals surface area contributed by atoms with Crippen LogP contribution in [0.1, 0.15) is 24.1 Å². The minimum absolute atomic E-state index is 0.0711. The molecule has 1 saturated heterocycles. The van der Waals surface area contributed by atoms with E-state index < -0.39 is 10.0 Å². The van der Waals surface area contributed by atoms with Crippen LogP contribution in [0.5, 0.6) is 0 Å². The van der Waals surface area contributed by atoms with Crippen molar-refractivity contribution in [1.82, 2.24) is 9.62 Å². The third-order valence-corrected chi connectivity index (χ3v) is 7.20. The maximum atomic E-state index is 12.8. The number of likely N-dealkylation sites (N-methyl/N-ethyl adjacent to an activating group) is 1. The van der Waals surface area contributed by atoms with Crippen molar-refractivity contribution in [3.05, 3.63) is 14.7 Å². The SMILES string of the molecule is CNCC1CCCCN1S(=O)(=O)c1cc(Br)sc1C. The molecule has 4 nitrogen and oxygen atoms in total. The van der Waals surface area contributed by atoms with E-state index in [9.17, 15) is 8.42 Å². The molecule has 1 aromatic rings. The molecule has 1 unspecified atom stereocenters. The molecule has 1 N–H and O–H groups in total. The lowest BCUT2D eigenvalue weighted by molar-refractivity contribution is 0.249. The first kappa shape index (κ1) is 15.4. The second-order valence-corrected chi connectivity index (χ2v) is 9.29. The van der Waals surface area contributed by atoms with Gasteiger partial charge in [0.15, 0.2) is 0 Å². The summed E-state index contributed by atoms with van der Waals surface area (Å²) in [4.78, 5) is 1.30. The summed E-state index contributed by atoms with van der Waals surface area (Å²) >= 11 is 4.84. The molecule has 1 atom stereocenters. The minimum Gasteiger partial charge on any atom is -0.318 e. The van der Waals surface area contributed by atoms with E-state index in [0.29, 0.717) is 18.0 Å². The zero-order valence-corrected chi connectivity index (χ0v) is 14.4. The number of sulfonamides is 1. The zero-order chi connectivity index (χ0) is 14.0. The number of halogens is 1. The molecule has 1 fully saturated rings. The smallest absolute Gasteiger partial charge is 0.244 e. The first-order valence-corrected chi connectivity index (χ1v) is 9.44. The van der Waals surface area contributed by atoms with E-state index in [0.717, 1.165) is 27.9 Å². The standard InChI is InChI=1S/C12H19BrN2O2S2/c1-9-11(7-12(13)18-9)19(16,17)15-6-4-3-5-10(15)8-14-2/h7,10,14H,3-6,8H2,1-2H3. The van der Waals surface area contributed by atoms with Gasteiger partial charge in [-0.15, -0.1) is 11.3 Å². The van der Waals surface area contributed by atoms with E-state index in [1.54, 1.807) is 10.4 Å². The molecule has 1 aliphatic heterocycles. The lowest BCUT2D eigenvalue weighted by Crippen LogP contribution is -2.47. The monoisotopic (exact) mass is 366 g/mol. The van der Waals surface area contributed by atoms with E-state index in [-0.39, 0.29) is 6.04 Å². The summed E-state index contributed by atoms with van der Waals surface area (Å²) in [7, 11) is -1.50. The molecule has 7 heteroatoms. The summed E-state index contributed by atoms with van der Waals surface area (Å²) in [6.07, 6.45) is 2.99. The highest BCUT2D eigenvalue weighted by Crippen LogP contribution is 2.33. The maximum absolute atomic E-state index is 12.8. The van der Waals surface area contributed by atoms with Gasteiger partial charge in [-0.3, -0.25) is 0 Å². The van der Waals surface area contributed by atoms with Gasteiger partial charge in [0.1, 0.15) is 0 Å². The number of thiophene rings is 1. The Balaban J connectivity index is 2.34. The van der Waals surface area contributed by atoms with Gasteiger partial charge in [-0.05, 0) is 48.8 Å². The normalized spacial score (nSPS) is 21.7. The molecule has 1 aliphatic rings. The average molecular weight is 367 g/mol. The molecule has 108 valence electrons. The van der Waals surface area contributed by atoms with Crippen LogP contribution in [0, 0.1) is 6.92 Å². The number of hydrogen-bond donors (Lipinski definition) is 1. The molecule has 0 aliphatic carbocycles. The number of piperidine rings is 1.